The number of nitrogens with two attached hydrogens (primary N) is 1. The first-order valence-electron chi connectivity index (χ1n) is 6.18. The fraction of sp³-hybridized carbons (Fsp3) is 0.200. The van der Waals surface area contributed by atoms with E-state index in [2.05, 4.69) is 5.43 Å². The van der Waals surface area contributed by atoms with E-state index < -0.39 is 0 Å². The second-order valence-corrected chi connectivity index (χ2v) is 4.87. The van der Waals surface area contributed by atoms with Crippen molar-refractivity contribution in [2.75, 3.05) is 7.11 Å². The maximum atomic E-state index is 12.9. The SMILES string of the molecule is COc1cc(Cl)ccc1C(Cc1ccc(F)cc1)NN. The van der Waals surface area contributed by atoms with Crippen LogP contribution in [-0.2, 0) is 6.42 Å². The average molecular weight is 295 g/mol. The van der Waals surface area contributed by atoms with Crippen LogP contribution in [0.2, 0.25) is 5.02 Å². The summed E-state index contributed by atoms with van der Waals surface area (Å²) in [5, 5.41) is 0.600. The van der Waals surface area contributed by atoms with Crippen LogP contribution in [0.1, 0.15) is 17.2 Å². The minimum atomic E-state index is -0.255. The summed E-state index contributed by atoms with van der Waals surface area (Å²) in [6.07, 6.45) is 0.620. The molecule has 1 unspecified atom stereocenters. The zero-order valence-corrected chi connectivity index (χ0v) is 11.8. The molecule has 3 nitrogen and oxygen atoms in total. The molecule has 3 N–H and O–H groups in total. The molecular weight excluding hydrogens is 279 g/mol. The molecule has 2 rings (SSSR count). The molecule has 0 aliphatic heterocycles. The Labute approximate surface area is 122 Å². The van der Waals surface area contributed by atoms with Crippen LogP contribution in [-0.4, -0.2) is 7.11 Å². The Hall–Kier alpha value is -1.62. The van der Waals surface area contributed by atoms with Crippen molar-refractivity contribution in [3.63, 3.8) is 0 Å². The highest BCUT2D eigenvalue weighted by molar-refractivity contribution is 6.30. The molecule has 0 heterocycles. The maximum Gasteiger partial charge on any atom is 0.125 e. The zero-order valence-electron chi connectivity index (χ0n) is 11.1. The molecule has 0 amide bonds. The van der Waals surface area contributed by atoms with Gasteiger partial charge in [0.2, 0.25) is 0 Å². The Balaban J connectivity index is 2.26. The Morgan fingerprint density at radius 3 is 2.55 bits per heavy atom. The molecule has 106 valence electrons. The summed E-state index contributed by atoms with van der Waals surface area (Å²) in [4.78, 5) is 0. The van der Waals surface area contributed by atoms with Gasteiger partial charge in [0.05, 0.1) is 13.2 Å². The Bertz CT molecular complexity index is 575. The van der Waals surface area contributed by atoms with E-state index in [0.717, 1.165) is 11.1 Å². The topological polar surface area (TPSA) is 47.3 Å². The summed E-state index contributed by atoms with van der Waals surface area (Å²) in [6.45, 7) is 0. The molecule has 0 fully saturated rings. The lowest BCUT2D eigenvalue weighted by atomic mass is 9.98. The standard InChI is InChI=1S/C15H16ClFN2O/c1-20-15-9-11(16)4-7-13(15)14(19-18)8-10-2-5-12(17)6-3-10/h2-7,9,14,19H,8,18H2,1H3. The van der Waals surface area contributed by atoms with Crippen molar-refractivity contribution >= 4 is 11.6 Å². The van der Waals surface area contributed by atoms with Crippen LogP contribution in [0.3, 0.4) is 0 Å². The van der Waals surface area contributed by atoms with Crippen LogP contribution < -0.4 is 16.0 Å². The van der Waals surface area contributed by atoms with Gasteiger partial charge in [-0.25, -0.2) is 4.39 Å². The molecule has 2 aromatic carbocycles. The van der Waals surface area contributed by atoms with Gasteiger partial charge >= 0.3 is 0 Å². The highest BCUT2D eigenvalue weighted by Gasteiger charge is 2.15. The second kappa shape index (κ2) is 6.70. The van der Waals surface area contributed by atoms with Crippen LogP contribution >= 0.6 is 11.6 Å². The molecule has 0 aliphatic rings. The lowest BCUT2D eigenvalue weighted by Gasteiger charge is -2.19. The van der Waals surface area contributed by atoms with E-state index in [1.165, 1.54) is 12.1 Å². The smallest absolute Gasteiger partial charge is 0.125 e. The Morgan fingerprint density at radius 1 is 1.25 bits per heavy atom. The summed E-state index contributed by atoms with van der Waals surface area (Å²) < 4.78 is 18.2. The van der Waals surface area contributed by atoms with Crippen molar-refractivity contribution in [2.24, 2.45) is 5.84 Å². The summed E-state index contributed by atoms with van der Waals surface area (Å²) in [5.41, 5.74) is 4.64. The van der Waals surface area contributed by atoms with Crippen molar-refractivity contribution in [3.05, 3.63) is 64.4 Å². The van der Waals surface area contributed by atoms with Gasteiger partial charge in [0.25, 0.3) is 0 Å². The van der Waals surface area contributed by atoms with E-state index in [1.54, 1.807) is 31.4 Å². The van der Waals surface area contributed by atoms with E-state index in [9.17, 15) is 4.39 Å². The monoisotopic (exact) mass is 294 g/mol. The predicted octanol–water partition coefficient (Wildman–Crippen LogP) is 3.23. The molecule has 0 spiro atoms. The van der Waals surface area contributed by atoms with E-state index in [1.807, 2.05) is 6.07 Å². The molecule has 0 saturated heterocycles. The molecule has 2 aromatic rings. The van der Waals surface area contributed by atoms with Gasteiger partial charge in [-0.05, 0) is 36.2 Å². The number of rotatable bonds is 5. The van der Waals surface area contributed by atoms with Crippen LogP contribution in [0.5, 0.6) is 5.75 Å². The third-order valence-corrected chi connectivity index (χ3v) is 3.36. The van der Waals surface area contributed by atoms with Crippen LogP contribution in [0.15, 0.2) is 42.5 Å². The number of methoxy groups -OCH3 is 1. The number of benzene rings is 2. The fourth-order valence-electron chi connectivity index (χ4n) is 2.09. The lowest BCUT2D eigenvalue weighted by Crippen LogP contribution is -2.29. The van der Waals surface area contributed by atoms with Crippen molar-refractivity contribution in [2.45, 2.75) is 12.5 Å². The molecule has 5 heteroatoms. The van der Waals surface area contributed by atoms with Gasteiger partial charge in [0.15, 0.2) is 0 Å². The maximum absolute atomic E-state index is 12.9. The van der Waals surface area contributed by atoms with Crippen molar-refractivity contribution in [1.29, 1.82) is 0 Å². The zero-order chi connectivity index (χ0) is 14.5. The molecule has 20 heavy (non-hydrogen) atoms. The fourth-order valence-corrected chi connectivity index (χ4v) is 2.25. The van der Waals surface area contributed by atoms with Gasteiger partial charge in [-0.3, -0.25) is 11.3 Å². The van der Waals surface area contributed by atoms with Gasteiger partial charge in [0, 0.05) is 10.6 Å². The molecular formula is C15H16ClFN2O. The van der Waals surface area contributed by atoms with Crippen LogP contribution in [0.25, 0.3) is 0 Å². The summed E-state index contributed by atoms with van der Waals surface area (Å²) >= 11 is 5.95. The predicted molar refractivity (Wildman–Crippen MR) is 78.2 cm³/mol. The Kier molecular flexibility index (Phi) is 4.95. The van der Waals surface area contributed by atoms with E-state index in [0.29, 0.717) is 17.2 Å². The first-order chi connectivity index (χ1) is 9.63. The molecule has 0 bridgehead atoms. The number of ether oxygens (including phenoxy) is 1. The average Bonchev–Trinajstić information content (AvgIpc) is 2.47. The third-order valence-electron chi connectivity index (χ3n) is 3.13. The van der Waals surface area contributed by atoms with Crippen molar-refractivity contribution in [3.8, 4) is 5.75 Å². The van der Waals surface area contributed by atoms with Crippen LogP contribution in [0, 0.1) is 5.82 Å². The molecule has 1 atom stereocenters. The normalized spacial score (nSPS) is 12.2. The summed E-state index contributed by atoms with van der Waals surface area (Å²) in [5.74, 6) is 6.05. The molecule has 0 saturated carbocycles. The summed E-state index contributed by atoms with van der Waals surface area (Å²) in [6, 6.07) is 11.6. The van der Waals surface area contributed by atoms with Gasteiger partial charge in [0.1, 0.15) is 11.6 Å². The second-order valence-electron chi connectivity index (χ2n) is 4.44. The minimum absolute atomic E-state index is 0.146. The largest absolute Gasteiger partial charge is 0.496 e. The van der Waals surface area contributed by atoms with Crippen LogP contribution in [0.4, 0.5) is 4.39 Å². The van der Waals surface area contributed by atoms with E-state index in [-0.39, 0.29) is 11.9 Å². The van der Waals surface area contributed by atoms with Gasteiger partial charge in [-0.1, -0.05) is 29.8 Å². The lowest BCUT2D eigenvalue weighted by molar-refractivity contribution is 0.399. The number of hydrogen-bond donors (Lipinski definition) is 2. The molecule has 0 radical (unpaired) electrons. The number of hydrazine groups is 1. The third kappa shape index (κ3) is 3.48. The Morgan fingerprint density at radius 2 is 1.95 bits per heavy atom. The highest BCUT2D eigenvalue weighted by atomic mass is 35.5. The van der Waals surface area contributed by atoms with Gasteiger partial charge < -0.3 is 4.74 Å². The number of halogens is 2. The minimum Gasteiger partial charge on any atom is -0.496 e. The first kappa shape index (κ1) is 14.8. The van der Waals surface area contributed by atoms with E-state index >= 15 is 0 Å². The molecule has 0 aromatic heterocycles. The molecule has 0 aliphatic carbocycles. The summed E-state index contributed by atoms with van der Waals surface area (Å²) in [7, 11) is 1.58. The van der Waals surface area contributed by atoms with Crippen molar-refractivity contribution in [1.82, 2.24) is 5.43 Å². The van der Waals surface area contributed by atoms with Gasteiger partial charge in [-0.2, -0.15) is 0 Å². The number of nitrogens with one attached hydrogen (secondary N) is 1. The highest BCUT2D eigenvalue weighted by Crippen LogP contribution is 2.30. The van der Waals surface area contributed by atoms with E-state index in [4.69, 9.17) is 22.2 Å². The number of hydrogen-bond acceptors (Lipinski definition) is 3. The van der Waals surface area contributed by atoms with Crippen molar-refractivity contribution < 1.29 is 9.13 Å². The quantitative estimate of drug-likeness (QED) is 0.657. The van der Waals surface area contributed by atoms with Gasteiger partial charge in [-0.15, -0.1) is 0 Å². The first-order valence-corrected chi connectivity index (χ1v) is 6.56.